The number of rotatable bonds is 4. The quantitative estimate of drug-likeness (QED) is 0.722. The number of carbonyl (C=O) groups is 3. The molecule has 5 rings (SSSR count). The Morgan fingerprint density at radius 3 is 2.58 bits per heavy atom. The Bertz CT molecular complexity index is 1120. The van der Waals surface area contributed by atoms with E-state index in [1.807, 2.05) is 62.6 Å². The van der Waals surface area contributed by atoms with Gasteiger partial charge in [-0.2, -0.15) is 11.8 Å². The molecular weight excluding hydrogens is 410 g/mol. The van der Waals surface area contributed by atoms with Crippen LogP contribution in [0.5, 0.6) is 0 Å². The predicted octanol–water partition coefficient (Wildman–Crippen LogP) is 2.98. The van der Waals surface area contributed by atoms with Crippen LogP contribution < -0.4 is 15.5 Å². The highest BCUT2D eigenvalue weighted by molar-refractivity contribution is 7.98. The maximum Gasteiger partial charge on any atom is 0.250 e. The summed E-state index contributed by atoms with van der Waals surface area (Å²) >= 11 is 1.69. The van der Waals surface area contributed by atoms with Gasteiger partial charge >= 0.3 is 0 Å². The van der Waals surface area contributed by atoms with E-state index < -0.39 is 17.4 Å². The van der Waals surface area contributed by atoms with Gasteiger partial charge < -0.3 is 5.32 Å². The molecule has 0 saturated carbocycles. The summed E-state index contributed by atoms with van der Waals surface area (Å²) in [6, 6.07) is 12.9. The first-order chi connectivity index (χ1) is 14.9. The number of thioether (sulfide) groups is 1. The van der Waals surface area contributed by atoms with Crippen LogP contribution in [0, 0.1) is 25.7 Å². The van der Waals surface area contributed by atoms with E-state index in [9.17, 15) is 14.4 Å². The Labute approximate surface area is 185 Å². The van der Waals surface area contributed by atoms with Crippen LogP contribution in [-0.4, -0.2) is 35.8 Å². The highest BCUT2D eigenvalue weighted by Gasteiger charge is 2.70. The number of hydrogen-bond acceptors (Lipinski definition) is 5. The lowest BCUT2D eigenvalue weighted by molar-refractivity contribution is -0.130. The van der Waals surface area contributed by atoms with E-state index in [1.165, 1.54) is 4.90 Å². The molecule has 31 heavy (non-hydrogen) atoms. The van der Waals surface area contributed by atoms with Gasteiger partial charge in [-0.25, -0.2) is 4.90 Å². The lowest BCUT2D eigenvalue weighted by Crippen LogP contribution is -2.53. The van der Waals surface area contributed by atoms with Crippen molar-refractivity contribution in [2.75, 3.05) is 22.2 Å². The zero-order valence-corrected chi connectivity index (χ0v) is 18.6. The summed E-state index contributed by atoms with van der Waals surface area (Å²) in [6.45, 7) is 3.89. The number of fused-ring (bicyclic) bond motifs is 4. The molecule has 160 valence electrons. The largest absolute Gasteiger partial charge is 0.324 e. The first-order valence-corrected chi connectivity index (χ1v) is 11.9. The van der Waals surface area contributed by atoms with Crippen molar-refractivity contribution in [2.24, 2.45) is 11.8 Å². The molecule has 2 fully saturated rings. The number of carbonyl (C=O) groups excluding carboxylic acids is 3. The third-order valence-electron chi connectivity index (χ3n) is 6.85. The molecule has 3 amide bonds. The first kappa shape index (κ1) is 20.3. The minimum atomic E-state index is -1.22. The summed E-state index contributed by atoms with van der Waals surface area (Å²) in [5.74, 6) is -1.26. The van der Waals surface area contributed by atoms with Gasteiger partial charge in [-0.1, -0.05) is 35.9 Å². The monoisotopic (exact) mass is 435 g/mol. The third kappa shape index (κ3) is 2.72. The van der Waals surface area contributed by atoms with Crippen LogP contribution in [0.25, 0.3) is 0 Å². The number of anilines is 2. The van der Waals surface area contributed by atoms with Crippen LogP contribution in [-0.2, 0) is 19.9 Å². The lowest BCUT2D eigenvalue weighted by atomic mass is 9.76. The van der Waals surface area contributed by atoms with Crippen molar-refractivity contribution in [3.63, 3.8) is 0 Å². The number of hydrogen-bond donors (Lipinski definition) is 2. The number of nitrogens with zero attached hydrogens (tertiary/aromatic N) is 1. The van der Waals surface area contributed by atoms with Gasteiger partial charge in [0.25, 0.3) is 0 Å². The van der Waals surface area contributed by atoms with Gasteiger partial charge in [0, 0.05) is 17.3 Å². The Kier molecular flexibility index (Phi) is 4.71. The van der Waals surface area contributed by atoms with Gasteiger partial charge in [0.1, 0.15) is 5.54 Å². The SMILES string of the molecule is CSCC[C@@H]1N[C@]2(C(=O)Nc3ccccc32)[C@@H]2C(=O)N(c3ccc(C)cc3C)C(=O)[C@@H]12. The smallest absolute Gasteiger partial charge is 0.250 e. The molecule has 2 N–H and O–H groups in total. The number of aryl methyl sites for hydroxylation is 2. The second kappa shape index (κ2) is 7.21. The molecule has 6 nitrogen and oxygen atoms in total. The fourth-order valence-electron chi connectivity index (χ4n) is 5.55. The van der Waals surface area contributed by atoms with Crippen molar-refractivity contribution < 1.29 is 14.4 Å². The van der Waals surface area contributed by atoms with Crippen LogP contribution in [0.15, 0.2) is 42.5 Å². The molecular formula is C24H25N3O3S. The molecule has 4 atom stereocenters. The minimum absolute atomic E-state index is 0.213. The van der Waals surface area contributed by atoms with Gasteiger partial charge in [-0.15, -0.1) is 0 Å². The average Bonchev–Trinajstić information content (AvgIpc) is 3.32. The minimum Gasteiger partial charge on any atom is -0.324 e. The second-order valence-electron chi connectivity index (χ2n) is 8.65. The summed E-state index contributed by atoms with van der Waals surface area (Å²) in [5, 5.41) is 6.41. The van der Waals surface area contributed by atoms with Gasteiger partial charge in [0.15, 0.2) is 0 Å². The van der Waals surface area contributed by atoms with Crippen LogP contribution in [0.3, 0.4) is 0 Å². The van der Waals surface area contributed by atoms with E-state index in [-0.39, 0.29) is 23.8 Å². The molecule has 3 heterocycles. The van der Waals surface area contributed by atoms with E-state index >= 15 is 0 Å². The van der Waals surface area contributed by atoms with E-state index in [1.54, 1.807) is 11.8 Å². The topological polar surface area (TPSA) is 78.5 Å². The Hall–Kier alpha value is -2.64. The lowest BCUT2D eigenvalue weighted by Gasteiger charge is -2.30. The molecule has 1 spiro atoms. The maximum absolute atomic E-state index is 13.9. The Morgan fingerprint density at radius 1 is 1.06 bits per heavy atom. The van der Waals surface area contributed by atoms with Crippen molar-refractivity contribution >= 4 is 40.9 Å². The molecule has 0 radical (unpaired) electrons. The van der Waals surface area contributed by atoms with Gasteiger partial charge in [0.05, 0.1) is 17.5 Å². The summed E-state index contributed by atoms with van der Waals surface area (Å²) in [4.78, 5) is 42.2. The first-order valence-electron chi connectivity index (χ1n) is 10.5. The molecule has 3 aliphatic heterocycles. The predicted molar refractivity (Wildman–Crippen MR) is 122 cm³/mol. The molecule has 2 aromatic rings. The fraction of sp³-hybridized carbons (Fsp3) is 0.375. The highest BCUT2D eigenvalue weighted by Crippen LogP contribution is 2.54. The summed E-state index contributed by atoms with van der Waals surface area (Å²) < 4.78 is 0. The van der Waals surface area contributed by atoms with Crippen molar-refractivity contribution in [3.05, 3.63) is 59.2 Å². The molecule has 0 bridgehead atoms. The Balaban J connectivity index is 1.66. The van der Waals surface area contributed by atoms with Crippen molar-refractivity contribution in [2.45, 2.75) is 31.8 Å². The number of para-hydroxylation sites is 1. The Morgan fingerprint density at radius 2 is 1.84 bits per heavy atom. The fourth-order valence-corrected chi connectivity index (χ4v) is 6.04. The van der Waals surface area contributed by atoms with E-state index in [4.69, 9.17) is 0 Å². The molecule has 7 heteroatoms. The maximum atomic E-state index is 13.9. The van der Waals surface area contributed by atoms with Crippen LogP contribution in [0.4, 0.5) is 11.4 Å². The standard InChI is InChI=1S/C24H25N3O3S/c1-13-8-9-18(14(2)12-13)27-21(28)19-17(10-11-31-3)26-24(20(19)22(27)29)15-6-4-5-7-16(15)25-23(24)30/h4-9,12,17,19-20,26H,10-11H2,1-3H3,(H,25,30)/t17-,19-,20-,24-/m0/s1. The molecule has 2 saturated heterocycles. The van der Waals surface area contributed by atoms with Crippen molar-refractivity contribution in [1.29, 1.82) is 0 Å². The molecule has 2 aromatic carbocycles. The molecule has 0 unspecified atom stereocenters. The normalized spacial score (nSPS) is 28.9. The summed E-state index contributed by atoms with van der Waals surface area (Å²) in [5.41, 5.74) is 2.80. The number of imide groups is 1. The number of benzene rings is 2. The average molecular weight is 436 g/mol. The molecule has 0 aliphatic carbocycles. The second-order valence-corrected chi connectivity index (χ2v) is 9.63. The van der Waals surface area contributed by atoms with Crippen LogP contribution in [0.1, 0.15) is 23.1 Å². The van der Waals surface area contributed by atoms with Crippen molar-refractivity contribution in [3.8, 4) is 0 Å². The van der Waals surface area contributed by atoms with Gasteiger partial charge in [-0.05, 0) is 50.0 Å². The van der Waals surface area contributed by atoms with E-state index in [2.05, 4.69) is 10.6 Å². The van der Waals surface area contributed by atoms with E-state index in [0.717, 1.165) is 22.4 Å². The van der Waals surface area contributed by atoms with Crippen LogP contribution in [0.2, 0.25) is 0 Å². The molecule has 3 aliphatic rings. The zero-order chi connectivity index (χ0) is 21.9. The van der Waals surface area contributed by atoms with Crippen LogP contribution >= 0.6 is 11.8 Å². The summed E-state index contributed by atoms with van der Waals surface area (Å²) in [6.07, 6.45) is 2.72. The zero-order valence-electron chi connectivity index (χ0n) is 17.8. The third-order valence-corrected chi connectivity index (χ3v) is 7.49. The number of amides is 3. The van der Waals surface area contributed by atoms with E-state index in [0.29, 0.717) is 17.8 Å². The van der Waals surface area contributed by atoms with Gasteiger partial charge in [0.2, 0.25) is 17.7 Å². The summed E-state index contributed by atoms with van der Waals surface area (Å²) in [7, 11) is 0. The highest BCUT2D eigenvalue weighted by atomic mass is 32.2. The molecule has 0 aromatic heterocycles. The number of nitrogens with one attached hydrogen (secondary N) is 2. The van der Waals surface area contributed by atoms with Crippen molar-refractivity contribution in [1.82, 2.24) is 5.32 Å². The van der Waals surface area contributed by atoms with Gasteiger partial charge in [-0.3, -0.25) is 19.7 Å².